The van der Waals surface area contributed by atoms with E-state index in [0.717, 1.165) is 56.4 Å². The number of rotatable bonds is 11. The SMILES string of the molecule is CC(C)(C)c1cc(Oc2ccc3c4ccccc4n(-c4cc(C(C)(C)c5ccccc5)ccn4)c3c2)cc(N2CN(c3cc(-c4ccccc4)cc(C(C)(C)c4ccccc4)c3)C=C2c2ccccc2)c1. The van der Waals surface area contributed by atoms with Gasteiger partial charge in [0.05, 0.1) is 23.4 Å². The monoisotopic (exact) mass is 924 g/mol. The Bertz CT molecular complexity index is 3570. The van der Waals surface area contributed by atoms with E-state index in [-0.39, 0.29) is 16.2 Å². The Kier molecular flexibility index (Phi) is 11.5. The quantitative estimate of drug-likeness (QED) is 0.129. The van der Waals surface area contributed by atoms with Crippen molar-refractivity contribution in [1.29, 1.82) is 0 Å². The van der Waals surface area contributed by atoms with Crippen molar-refractivity contribution in [3.05, 3.63) is 258 Å². The maximum absolute atomic E-state index is 7.06. The molecule has 0 atom stereocenters. The molecule has 0 amide bonds. The number of fused-ring (bicyclic) bond motifs is 3. The number of hydrogen-bond acceptors (Lipinski definition) is 4. The molecule has 10 aromatic rings. The highest BCUT2D eigenvalue weighted by Crippen LogP contribution is 2.43. The van der Waals surface area contributed by atoms with Crippen LogP contribution in [-0.4, -0.2) is 16.2 Å². The number of para-hydroxylation sites is 1. The van der Waals surface area contributed by atoms with Gasteiger partial charge in [-0.3, -0.25) is 4.57 Å². The van der Waals surface area contributed by atoms with Crippen molar-refractivity contribution in [2.75, 3.05) is 16.5 Å². The van der Waals surface area contributed by atoms with Crippen LogP contribution in [0.4, 0.5) is 11.4 Å². The van der Waals surface area contributed by atoms with Crippen LogP contribution in [0, 0.1) is 0 Å². The molecule has 350 valence electrons. The zero-order chi connectivity index (χ0) is 48.9. The second-order valence-corrected chi connectivity index (χ2v) is 21.0. The van der Waals surface area contributed by atoms with E-state index in [1.165, 1.54) is 44.3 Å². The van der Waals surface area contributed by atoms with Gasteiger partial charge in [-0.15, -0.1) is 0 Å². The first-order valence-corrected chi connectivity index (χ1v) is 24.8. The fraction of sp³-hybridized carbons (Fsp3) is 0.167. The zero-order valence-corrected chi connectivity index (χ0v) is 41.8. The Morgan fingerprint density at radius 2 is 1.01 bits per heavy atom. The molecule has 3 heterocycles. The molecule has 0 radical (unpaired) electrons. The summed E-state index contributed by atoms with van der Waals surface area (Å²) < 4.78 is 9.35. The van der Waals surface area contributed by atoms with Crippen molar-refractivity contribution in [3.8, 4) is 28.4 Å². The Labute approximate surface area is 419 Å². The minimum absolute atomic E-state index is 0.160. The van der Waals surface area contributed by atoms with Crippen LogP contribution in [-0.2, 0) is 16.2 Å². The minimum atomic E-state index is -0.239. The Hall–Kier alpha value is -8.15. The fourth-order valence-electron chi connectivity index (χ4n) is 10.2. The third-order valence-electron chi connectivity index (χ3n) is 14.6. The molecule has 1 aliphatic rings. The average molecular weight is 925 g/mol. The van der Waals surface area contributed by atoms with Gasteiger partial charge in [-0.25, -0.2) is 4.98 Å². The lowest BCUT2D eigenvalue weighted by Gasteiger charge is -2.30. The fourth-order valence-corrected chi connectivity index (χ4v) is 10.2. The van der Waals surface area contributed by atoms with E-state index in [9.17, 15) is 0 Å². The summed E-state index contributed by atoms with van der Waals surface area (Å²) in [6, 6.07) is 76.4. The summed E-state index contributed by atoms with van der Waals surface area (Å²) >= 11 is 0. The number of benzene rings is 8. The molecule has 0 saturated carbocycles. The predicted octanol–water partition coefficient (Wildman–Crippen LogP) is 16.9. The van der Waals surface area contributed by atoms with Gasteiger partial charge in [0, 0.05) is 57.5 Å². The van der Waals surface area contributed by atoms with E-state index in [1.807, 2.05) is 6.20 Å². The third kappa shape index (κ3) is 8.67. The van der Waals surface area contributed by atoms with Crippen LogP contribution < -0.4 is 14.5 Å². The molecule has 0 aliphatic carbocycles. The third-order valence-corrected chi connectivity index (χ3v) is 14.6. The predicted molar refractivity (Wildman–Crippen MR) is 297 cm³/mol. The van der Waals surface area contributed by atoms with Gasteiger partial charge >= 0.3 is 0 Å². The van der Waals surface area contributed by atoms with Gasteiger partial charge in [-0.1, -0.05) is 194 Å². The molecular weight excluding hydrogens is 865 g/mol. The van der Waals surface area contributed by atoms with E-state index in [2.05, 4.69) is 281 Å². The molecule has 5 heteroatoms. The summed E-state index contributed by atoms with van der Waals surface area (Å²) in [5.74, 6) is 2.41. The lowest BCUT2D eigenvalue weighted by molar-refractivity contribution is 0.479. The first kappa shape index (κ1) is 45.3. The molecule has 0 saturated heterocycles. The van der Waals surface area contributed by atoms with Crippen molar-refractivity contribution < 1.29 is 4.74 Å². The molecular formula is C66H60N4O. The van der Waals surface area contributed by atoms with Crippen LogP contribution in [0.2, 0.25) is 0 Å². The van der Waals surface area contributed by atoms with Crippen molar-refractivity contribution in [3.63, 3.8) is 0 Å². The van der Waals surface area contributed by atoms with Gasteiger partial charge in [-0.05, 0) is 105 Å². The summed E-state index contributed by atoms with van der Waals surface area (Å²) in [6.07, 6.45) is 4.26. The molecule has 71 heavy (non-hydrogen) atoms. The largest absolute Gasteiger partial charge is 0.457 e. The molecule has 0 fully saturated rings. The van der Waals surface area contributed by atoms with E-state index in [4.69, 9.17) is 9.72 Å². The Morgan fingerprint density at radius 1 is 0.423 bits per heavy atom. The standard InChI is InChI=1S/C66H60N4O/c1-64(2,3)52-38-55(69-45-68(44-62(69)47-24-14-9-15-25-47)54-37-48(46-22-12-8-13-23-46)36-53(39-54)66(6,7)50-28-18-11-19-29-50)42-57(40-52)71-56-32-33-59-58-30-20-21-31-60(58)70(61(59)43-56)63-41-51(34-35-67-63)65(4,5)49-26-16-10-17-27-49/h8-44H,45H2,1-7H3. The van der Waals surface area contributed by atoms with Crippen molar-refractivity contribution in [2.45, 2.75) is 64.7 Å². The summed E-state index contributed by atoms with van der Waals surface area (Å²) in [6.45, 7) is 16.7. The molecule has 0 spiro atoms. The number of nitrogens with zero attached hydrogens (tertiary/aromatic N) is 4. The van der Waals surface area contributed by atoms with Crippen LogP contribution in [0.15, 0.2) is 225 Å². The van der Waals surface area contributed by atoms with Crippen LogP contribution in [0.25, 0.3) is 44.4 Å². The molecule has 5 nitrogen and oxygen atoms in total. The van der Waals surface area contributed by atoms with Crippen molar-refractivity contribution >= 4 is 38.9 Å². The summed E-state index contributed by atoms with van der Waals surface area (Å²) in [5, 5.41) is 2.32. The summed E-state index contributed by atoms with van der Waals surface area (Å²) in [5.41, 5.74) is 14.5. The summed E-state index contributed by atoms with van der Waals surface area (Å²) in [4.78, 5) is 9.85. The number of aromatic nitrogens is 2. The molecule has 1 aliphatic heterocycles. The Balaban J connectivity index is 0.999. The van der Waals surface area contributed by atoms with Gasteiger partial charge in [0.15, 0.2) is 0 Å². The van der Waals surface area contributed by atoms with Gasteiger partial charge in [0.25, 0.3) is 0 Å². The molecule has 8 aromatic carbocycles. The lowest BCUT2D eigenvalue weighted by Crippen LogP contribution is -2.27. The highest BCUT2D eigenvalue weighted by atomic mass is 16.5. The van der Waals surface area contributed by atoms with Gasteiger partial charge in [0.1, 0.15) is 17.3 Å². The number of anilines is 2. The van der Waals surface area contributed by atoms with Gasteiger partial charge in [-0.2, -0.15) is 0 Å². The number of ether oxygens (including phenoxy) is 1. The second-order valence-electron chi connectivity index (χ2n) is 21.0. The highest BCUT2D eigenvalue weighted by Gasteiger charge is 2.30. The van der Waals surface area contributed by atoms with Crippen LogP contribution in [0.5, 0.6) is 11.5 Å². The van der Waals surface area contributed by atoms with Gasteiger partial charge < -0.3 is 14.5 Å². The van der Waals surface area contributed by atoms with Crippen LogP contribution in [0.3, 0.4) is 0 Å². The molecule has 11 rings (SSSR count). The van der Waals surface area contributed by atoms with E-state index in [1.54, 1.807) is 0 Å². The maximum Gasteiger partial charge on any atom is 0.137 e. The van der Waals surface area contributed by atoms with Crippen LogP contribution in [0.1, 0.15) is 81.8 Å². The Morgan fingerprint density at radius 3 is 1.69 bits per heavy atom. The lowest BCUT2D eigenvalue weighted by atomic mass is 9.77. The first-order valence-electron chi connectivity index (χ1n) is 24.8. The maximum atomic E-state index is 7.06. The summed E-state index contributed by atoms with van der Waals surface area (Å²) in [7, 11) is 0. The topological polar surface area (TPSA) is 33.5 Å². The van der Waals surface area contributed by atoms with E-state index < -0.39 is 0 Å². The van der Waals surface area contributed by atoms with E-state index >= 15 is 0 Å². The number of pyridine rings is 1. The van der Waals surface area contributed by atoms with E-state index in [0.29, 0.717) is 6.67 Å². The minimum Gasteiger partial charge on any atom is -0.457 e. The smallest absolute Gasteiger partial charge is 0.137 e. The highest BCUT2D eigenvalue weighted by molar-refractivity contribution is 6.09. The van der Waals surface area contributed by atoms with Crippen molar-refractivity contribution in [2.24, 2.45) is 0 Å². The molecule has 0 bridgehead atoms. The molecule has 0 N–H and O–H groups in total. The zero-order valence-electron chi connectivity index (χ0n) is 41.8. The van der Waals surface area contributed by atoms with Gasteiger partial charge in [0.2, 0.25) is 0 Å². The molecule has 0 unspecified atom stereocenters. The normalized spacial score (nSPS) is 13.3. The van der Waals surface area contributed by atoms with Crippen molar-refractivity contribution in [1.82, 2.24) is 9.55 Å². The average Bonchev–Trinajstić information content (AvgIpc) is 4.00. The van der Waals surface area contributed by atoms with Crippen LogP contribution >= 0.6 is 0 Å². The first-order chi connectivity index (χ1) is 34.3. The molecule has 2 aromatic heterocycles. The second kappa shape index (κ2) is 18.0. The number of hydrogen-bond donors (Lipinski definition) is 0.